The lowest BCUT2D eigenvalue weighted by atomic mass is 10.1. The van der Waals surface area contributed by atoms with Crippen LogP contribution in [0.1, 0.15) is 38.8 Å². The molecule has 1 aliphatic rings. The van der Waals surface area contributed by atoms with Gasteiger partial charge in [0.15, 0.2) is 11.5 Å². The second kappa shape index (κ2) is 11.1. The van der Waals surface area contributed by atoms with Gasteiger partial charge in [0.25, 0.3) is 0 Å². The molecular weight excluding hydrogens is 482 g/mol. The summed E-state index contributed by atoms with van der Waals surface area (Å²) in [4.78, 5) is 40.1. The minimum Gasteiger partial charge on any atom is -0.454 e. The van der Waals surface area contributed by atoms with Crippen LogP contribution >= 0.6 is 0 Å². The van der Waals surface area contributed by atoms with Crippen molar-refractivity contribution >= 4 is 39.9 Å². The van der Waals surface area contributed by atoms with Crippen LogP contribution in [0, 0.1) is 13.8 Å². The van der Waals surface area contributed by atoms with Crippen LogP contribution in [0.25, 0.3) is 0 Å². The average Bonchev–Trinajstić information content (AvgIpc) is 3.21. The van der Waals surface area contributed by atoms with Gasteiger partial charge in [-0.3, -0.25) is 23.5 Å². The Bertz CT molecular complexity index is 1190. The van der Waals surface area contributed by atoms with Crippen molar-refractivity contribution in [3.8, 4) is 11.5 Å². The molecule has 0 radical (unpaired) electrons. The molecule has 2 aromatic rings. The number of benzene rings is 2. The number of aryl methyl sites for hydroxylation is 2. The molecule has 0 unspecified atom stereocenters. The Kier molecular flexibility index (Phi) is 8.39. The standard InChI is InChI=1S/C26H33N3O6S/c1-16-7-9-20(17(2)11-16)29(18(3)25(32)28-26(4,5)6)24(31)14-36(33)13-23(30)27-19-8-10-21-22(12-19)35-15-34-21/h7-12,18H,13-15H2,1-6H3,(H,27,30)(H,28,32)/t18-,36-/m1/s1. The zero-order valence-electron chi connectivity index (χ0n) is 21.5. The molecule has 3 rings (SSSR count). The van der Waals surface area contributed by atoms with Crippen molar-refractivity contribution < 1.29 is 28.1 Å². The largest absolute Gasteiger partial charge is 0.454 e. The van der Waals surface area contributed by atoms with Crippen molar-refractivity contribution in [1.82, 2.24) is 5.32 Å². The predicted octanol–water partition coefficient (Wildman–Crippen LogP) is 3.06. The molecule has 10 heteroatoms. The third-order valence-corrected chi connectivity index (χ3v) is 6.53. The Morgan fingerprint density at radius 2 is 1.72 bits per heavy atom. The topological polar surface area (TPSA) is 114 Å². The van der Waals surface area contributed by atoms with Gasteiger partial charge >= 0.3 is 0 Å². The van der Waals surface area contributed by atoms with Crippen molar-refractivity contribution in [2.24, 2.45) is 0 Å². The highest BCUT2D eigenvalue weighted by Crippen LogP contribution is 2.34. The zero-order valence-corrected chi connectivity index (χ0v) is 22.3. The van der Waals surface area contributed by atoms with Crippen LogP contribution in [0.2, 0.25) is 0 Å². The van der Waals surface area contributed by atoms with E-state index in [2.05, 4.69) is 10.6 Å². The van der Waals surface area contributed by atoms with Gasteiger partial charge in [-0.25, -0.2) is 0 Å². The predicted molar refractivity (Wildman–Crippen MR) is 140 cm³/mol. The first-order chi connectivity index (χ1) is 16.8. The minimum absolute atomic E-state index is 0.113. The van der Waals surface area contributed by atoms with Gasteiger partial charge < -0.3 is 20.1 Å². The van der Waals surface area contributed by atoms with Crippen LogP contribution in [0.15, 0.2) is 36.4 Å². The van der Waals surface area contributed by atoms with Crippen LogP contribution < -0.4 is 25.0 Å². The van der Waals surface area contributed by atoms with E-state index in [0.717, 1.165) is 11.1 Å². The lowest BCUT2D eigenvalue weighted by Gasteiger charge is -2.32. The monoisotopic (exact) mass is 515 g/mol. The van der Waals surface area contributed by atoms with E-state index < -0.39 is 39.9 Å². The fourth-order valence-electron chi connectivity index (χ4n) is 3.80. The number of rotatable bonds is 8. The molecule has 2 N–H and O–H groups in total. The summed E-state index contributed by atoms with van der Waals surface area (Å²) in [5.74, 6) is -1.03. The fourth-order valence-corrected chi connectivity index (χ4v) is 4.68. The summed E-state index contributed by atoms with van der Waals surface area (Å²) < 4.78 is 23.3. The summed E-state index contributed by atoms with van der Waals surface area (Å²) in [7, 11) is -1.80. The Labute approximate surface area is 214 Å². The van der Waals surface area contributed by atoms with Crippen molar-refractivity contribution in [3.63, 3.8) is 0 Å². The van der Waals surface area contributed by atoms with E-state index in [1.54, 1.807) is 31.2 Å². The molecule has 194 valence electrons. The molecule has 0 saturated carbocycles. The maximum absolute atomic E-state index is 13.4. The highest BCUT2D eigenvalue weighted by atomic mass is 32.2. The van der Waals surface area contributed by atoms with Gasteiger partial charge in [-0.15, -0.1) is 0 Å². The molecule has 1 aliphatic heterocycles. The maximum atomic E-state index is 13.4. The molecular formula is C26H33N3O6S. The van der Waals surface area contributed by atoms with Crippen molar-refractivity contribution in [3.05, 3.63) is 47.5 Å². The van der Waals surface area contributed by atoms with Crippen molar-refractivity contribution in [2.75, 3.05) is 28.5 Å². The second-order valence-corrected chi connectivity index (χ2v) is 11.3. The number of ether oxygens (including phenoxy) is 2. The number of fused-ring (bicyclic) bond motifs is 1. The van der Waals surface area contributed by atoms with Gasteiger partial charge in [-0.2, -0.15) is 0 Å². The number of hydrogen-bond acceptors (Lipinski definition) is 6. The van der Waals surface area contributed by atoms with Gasteiger partial charge in [-0.1, -0.05) is 17.7 Å². The molecule has 0 aromatic heterocycles. The van der Waals surface area contributed by atoms with Gasteiger partial charge in [-0.05, 0) is 65.3 Å². The summed E-state index contributed by atoms with van der Waals surface area (Å²) in [6.07, 6.45) is 0. The normalized spacial score (nSPS) is 14.1. The number of carbonyl (C=O) groups is 3. The van der Waals surface area contributed by atoms with E-state index in [1.807, 2.05) is 46.8 Å². The Morgan fingerprint density at radius 3 is 2.39 bits per heavy atom. The van der Waals surface area contributed by atoms with Gasteiger partial charge in [0.1, 0.15) is 17.5 Å². The van der Waals surface area contributed by atoms with Gasteiger partial charge in [0.2, 0.25) is 24.5 Å². The first-order valence-corrected chi connectivity index (χ1v) is 13.1. The number of amides is 3. The zero-order chi connectivity index (χ0) is 26.6. The summed E-state index contributed by atoms with van der Waals surface area (Å²) in [6, 6.07) is 9.63. The summed E-state index contributed by atoms with van der Waals surface area (Å²) in [5, 5.41) is 5.56. The summed E-state index contributed by atoms with van der Waals surface area (Å²) in [5.41, 5.74) is 2.36. The SMILES string of the molecule is Cc1ccc(N(C(=O)C[S@](=O)CC(=O)Nc2ccc3c(c2)OCO3)[C@H](C)C(=O)NC(C)(C)C)c(C)c1. The summed E-state index contributed by atoms with van der Waals surface area (Å²) >= 11 is 0. The number of carbonyl (C=O) groups excluding carboxylic acids is 3. The number of nitrogens with one attached hydrogen (secondary N) is 2. The highest BCUT2D eigenvalue weighted by Gasteiger charge is 2.31. The molecule has 0 spiro atoms. The molecule has 0 bridgehead atoms. The van der Waals surface area contributed by atoms with E-state index in [-0.39, 0.29) is 18.5 Å². The van der Waals surface area contributed by atoms with E-state index in [9.17, 15) is 18.6 Å². The lowest BCUT2D eigenvalue weighted by Crippen LogP contribution is -2.54. The Hall–Kier alpha value is -3.40. The maximum Gasteiger partial charge on any atom is 0.243 e. The Balaban J connectivity index is 1.71. The molecule has 0 saturated heterocycles. The molecule has 2 aromatic carbocycles. The van der Waals surface area contributed by atoms with E-state index >= 15 is 0 Å². The number of anilines is 2. The quantitative estimate of drug-likeness (QED) is 0.559. The average molecular weight is 516 g/mol. The first kappa shape index (κ1) is 27.2. The third kappa shape index (κ3) is 7.07. The molecule has 0 aliphatic carbocycles. The van der Waals surface area contributed by atoms with Gasteiger partial charge in [0, 0.05) is 33.8 Å². The summed E-state index contributed by atoms with van der Waals surface area (Å²) in [6.45, 7) is 11.1. The lowest BCUT2D eigenvalue weighted by molar-refractivity contribution is -0.126. The van der Waals surface area contributed by atoms with Crippen LogP contribution in [-0.2, 0) is 25.2 Å². The van der Waals surface area contributed by atoms with Crippen LogP contribution in [0.3, 0.4) is 0 Å². The molecule has 1 heterocycles. The first-order valence-electron chi connectivity index (χ1n) is 11.6. The molecule has 3 amide bonds. The number of hydrogen-bond donors (Lipinski definition) is 2. The van der Waals surface area contributed by atoms with E-state index in [0.29, 0.717) is 22.9 Å². The Morgan fingerprint density at radius 1 is 1.03 bits per heavy atom. The molecule has 9 nitrogen and oxygen atoms in total. The smallest absolute Gasteiger partial charge is 0.243 e. The molecule has 36 heavy (non-hydrogen) atoms. The van der Waals surface area contributed by atoms with Crippen LogP contribution in [0.4, 0.5) is 11.4 Å². The number of nitrogens with zero attached hydrogens (tertiary/aromatic N) is 1. The van der Waals surface area contributed by atoms with E-state index in [1.165, 1.54) is 4.90 Å². The van der Waals surface area contributed by atoms with E-state index in [4.69, 9.17) is 9.47 Å². The second-order valence-electron chi connectivity index (χ2n) is 9.81. The molecule has 2 atom stereocenters. The highest BCUT2D eigenvalue weighted by molar-refractivity contribution is 7.86. The minimum atomic E-state index is -1.80. The van der Waals surface area contributed by atoms with Crippen LogP contribution in [0.5, 0.6) is 11.5 Å². The van der Waals surface area contributed by atoms with Gasteiger partial charge in [0.05, 0.1) is 0 Å². The fraction of sp³-hybridized carbons (Fsp3) is 0.423. The van der Waals surface area contributed by atoms with Crippen molar-refractivity contribution in [2.45, 2.75) is 53.1 Å². The van der Waals surface area contributed by atoms with Crippen molar-refractivity contribution in [1.29, 1.82) is 0 Å². The third-order valence-electron chi connectivity index (χ3n) is 5.38. The van der Waals surface area contributed by atoms with Crippen LogP contribution in [-0.4, -0.2) is 51.8 Å². The molecule has 0 fully saturated rings.